The molecule has 8 nitrogen and oxygen atoms in total. The molecule has 1 amide bonds. The maximum atomic E-state index is 11.4. The van der Waals surface area contributed by atoms with Gasteiger partial charge in [0.2, 0.25) is 0 Å². The molecule has 0 aromatic carbocycles. The molecule has 1 aromatic rings. The van der Waals surface area contributed by atoms with Crippen molar-refractivity contribution in [1.82, 2.24) is 9.55 Å². The van der Waals surface area contributed by atoms with Crippen LogP contribution >= 0.6 is 0 Å². The first-order valence-electron chi connectivity index (χ1n) is 6.83. The minimum atomic E-state index is -0.797. The van der Waals surface area contributed by atoms with Gasteiger partial charge < -0.3 is 25.1 Å². The van der Waals surface area contributed by atoms with Crippen LogP contribution in [-0.2, 0) is 14.2 Å². The van der Waals surface area contributed by atoms with E-state index in [0.717, 1.165) is 0 Å². The van der Waals surface area contributed by atoms with Crippen molar-refractivity contribution in [2.24, 2.45) is 5.73 Å². The molecule has 3 rings (SSSR count). The molecule has 2 fully saturated rings. The number of fused-ring (bicyclic) bond motifs is 1. The van der Waals surface area contributed by atoms with E-state index in [4.69, 9.17) is 26.4 Å². The van der Waals surface area contributed by atoms with Gasteiger partial charge in [-0.15, -0.1) is 6.42 Å². The van der Waals surface area contributed by atoms with Crippen LogP contribution in [0.25, 0.3) is 0 Å². The van der Waals surface area contributed by atoms with Crippen molar-refractivity contribution in [1.29, 1.82) is 0 Å². The highest BCUT2D eigenvalue weighted by atomic mass is 16.8. The van der Waals surface area contributed by atoms with Gasteiger partial charge in [-0.3, -0.25) is 9.36 Å². The van der Waals surface area contributed by atoms with Gasteiger partial charge in [0.15, 0.2) is 17.7 Å². The number of primary amides is 1. The number of aliphatic hydroxyl groups excluding tert-OH is 1. The number of terminal acetylenes is 1. The van der Waals surface area contributed by atoms with Crippen molar-refractivity contribution in [2.45, 2.75) is 44.2 Å². The van der Waals surface area contributed by atoms with Gasteiger partial charge in [0, 0.05) is 0 Å². The van der Waals surface area contributed by atoms with Gasteiger partial charge in [-0.05, 0) is 19.8 Å². The lowest BCUT2D eigenvalue weighted by molar-refractivity contribution is -0.200. The summed E-state index contributed by atoms with van der Waals surface area (Å²) in [7, 11) is 0. The number of amides is 1. The second-order valence-corrected chi connectivity index (χ2v) is 5.67. The summed E-state index contributed by atoms with van der Waals surface area (Å²) in [5.74, 6) is 0.881. The molecule has 2 saturated heterocycles. The van der Waals surface area contributed by atoms with E-state index < -0.39 is 36.2 Å². The maximum absolute atomic E-state index is 11.4. The van der Waals surface area contributed by atoms with E-state index in [-0.39, 0.29) is 18.0 Å². The van der Waals surface area contributed by atoms with Crippen LogP contribution in [0.15, 0.2) is 6.33 Å². The molecule has 118 valence electrons. The lowest BCUT2D eigenvalue weighted by atomic mass is 10.1. The fourth-order valence-electron chi connectivity index (χ4n) is 2.91. The number of aliphatic hydroxyl groups is 1. The van der Waals surface area contributed by atoms with E-state index in [1.54, 1.807) is 13.8 Å². The molecule has 1 aromatic heterocycles. The van der Waals surface area contributed by atoms with Crippen LogP contribution in [0.3, 0.4) is 0 Å². The van der Waals surface area contributed by atoms with Gasteiger partial charge in [-0.25, -0.2) is 4.98 Å². The van der Waals surface area contributed by atoms with Crippen molar-refractivity contribution in [3.8, 4) is 12.3 Å². The molecule has 0 spiro atoms. The van der Waals surface area contributed by atoms with E-state index in [2.05, 4.69) is 10.9 Å². The smallest absolute Gasteiger partial charge is 0.270 e. The minimum absolute atomic E-state index is 0.00623. The SMILES string of the molecule is C#Cc1c(C(N)=O)ncn1[C@@H]1O[C@H](CO)[C@@H]2OC(C)(C)OC21. The van der Waals surface area contributed by atoms with Crippen LogP contribution in [0.4, 0.5) is 0 Å². The highest BCUT2D eigenvalue weighted by Gasteiger charge is 2.56. The highest BCUT2D eigenvalue weighted by molar-refractivity contribution is 5.93. The summed E-state index contributed by atoms with van der Waals surface area (Å²) in [5.41, 5.74) is 5.46. The third-order valence-electron chi connectivity index (χ3n) is 3.74. The summed E-state index contributed by atoms with van der Waals surface area (Å²) < 4.78 is 18.9. The van der Waals surface area contributed by atoms with Gasteiger partial charge >= 0.3 is 0 Å². The second kappa shape index (κ2) is 5.07. The van der Waals surface area contributed by atoms with E-state index in [1.165, 1.54) is 10.9 Å². The summed E-state index contributed by atoms with van der Waals surface area (Å²) in [6.07, 6.45) is 4.72. The molecule has 4 atom stereocenters. The van der Waals surface area contributed by atoms with Crippen molar-refractivity contribution in [2.75, 3.05) is 6.61 Å². The van der Waals surface area contributed by atoms with Crippen LogP contribution in [-0.4, -0.2) is 51.3 Å². The summed E-state index contributed by atoms with van der Waals surface area (Å²) in [5, 5.41) is 9.47. The number of hydrogen-bond acceptors (Lipinski definition) is 6. The van der Waals surface area contributed by atoms with Crippen LogP contribution in [0.1, 0.15) is 36.3 Å². The summed E-state index contributed by atoms with van der Waals surface area (Å²) in [4.78, 5) is 15.3. The zero-order valence-corrected chi connectivity index (χ0v) is 12.2. The minimum Gasteiger partial charge on any atom is -0.394 e. The average Bonchev–Trinajstić information content (AvgIpc) is 3.08. The Morgan fingerprint density at radius 3 is 2.82 bits per heavy atom. The third-order valence-corrected chi connectivity index (χ3v) is 3.74. The number of ether oxygens (including phenoxy) is 3. The van der Waals surface area contributed by atoms with Crippen LogP contribution in [0.2, 0.25) is 0 Å². The Balaban J connectivity index is 1.99. The number of rotatable bonds is 3. The number of nitrogens with two attached hydrogens (primary N) is 1. The molecule has 3 N–H and O–H groups in total. The molecule has 0 aliphatic carbocycles. The lowest BCUT2D eigenvalue weighted by Crippen LogP contribution is -2.31. The fourth-order valence-corrected chi connectivity index (χ4v) is 2.91. The van der Waals surface area contributed by atoms with Crippen molar-refractivity contribution in [3.63, 3.8) is 0 Å². The molecule has 1 unspecified atom stereocenters. The van der Waals surface area contributed by atoms with Gasteiger partial charge in [-0.2, -0.15) is 0 Å². The predicted octanol–water partition coefficient (Wildman–Crippen LogP) is -0.627. The first-order valence-corrected chi connectivity index (χ1v) is 6.83. The Morgan fingerprint density at radius 1 is 1.55 bits per heavy atom. The highest BCUT2D eigenvalue weighted by Crippen LogP contribution is 2.43. The number of aromatic nitrogens is 2. The fraction of sp³-hybridized carbons (Fsp3) is 0.571. The van der Waals surface area contributed by atoms with Gasteiger partial charge in [0.25, 0.3) is 5.91 Å². The quantitative estimate of drug-likeness (QED) is 0.720. The third kappa shape index (κ3) is 2.19. The number of carbonyl (C=O) groups is 1. The normalized spacial score (nSPS) is 32.6. The monoisotopic (exact) mass is 307 g/mol. The second-order valence-electron chi connectivity index (χ2n) is 5.67. The van der Waals surface area contributed by atoms with Crippen LogP contribution in [0.5, 0.6) is 0 Å². The summed E-state index contributed by atoms with van der Waals surface area (Å²) >= 11 is 0. The zero-order valence-electron chi connectivity index (χ0n) is 12.2. The molecular weight excluding hydrogens is 290 g/mol. The van der Waals surface area contributed by atoms with Crippen LogP contribution in [0, 0.1) is 12.3 Å². The van der Waals surface area contributed by atoms with E-state index in [9.17, 15) is 9.90 Å². The number of hydrogen-bond donors (Lipinski definition) is 2. The maximum Gasteiger partial charge on any atom is 0.270 e. The van der Waals surface area contributed by atoms with Gasteiger partial charge in [-0.1, -0.05) is 0 Å². The first kappa shape index (κ1) is 15.0. The molecule has 0 saturated carbocycles. The van der Waals surface area contributed by atoms with Crippen molar-refractivity contribution < 1.29 is 24.1 Å². The van der Waals surface area contributed by atoms with Gasteiger partial charge in [0.05, 0.1) is 12.9 Å². The number of nitrogens with zero attached hydrogens (tertiary/aromatic N) is 2. The largest absolute Gasteiger partial charge is 0.394 e. The van der Waals surface area contributed by atoms with Crippen molar-refractivity contribution >= 4 is 5.91 Å². The van der Waals surface area contributed by atoms with Gasteiger partial charge in [0.1, 0.15) is 24.0 Å². The zero-order chi connectivity index (χ0) is 16.1. The predicted molar refractivity (Wildman–Crippen MR) is 73.5 cm³/mol. The molecular formula is C14H17N3O5. The Kier molecular flexibility index (Phi) is 3.45. The Bertz CT molecular complexity index is 647. The average molecular weight is 307 g/mol. The summed E-state index contributed by atoms with van der Waals surface area (Å²) in [6.45, 7) is 3.34. The van der Waals surface area contributed by atoms with E-state index in [1.807, 2.05) is 0 Å². The molecule has 2 aliphatic heterocycles. The standard InChI is InChI=1S/C14H17N3O5/c1-4-7-9(12(15)19)16-6-17(7)13-11-10(8(5-18)20-13)21-14(2,3)22-11/h1,6,8,10-11,13,18H,5H2,2-3H3,(H2,15,19)/t8-,10+,11?,13-/m1/s1. The van der Waals surface area contributed by atoms with E-state index in [0.29, 0.717) is 0 Å². The molecule has 8 heteroatoms. The molecule has 2 aliphatic rings. The number of imidazole rings is 1. The van der Waals surface area contributed by atoms with E-state index >= 15 is 0 Å². The topological polar surface area (TPSA) is 109 Å². The molecule has 0 radical (unpaired) electrons. The molecule has 3 heterocycles. The Labute approximate surface area is 127 Å². The van der Waals surface area contributed by atoms with Crippen molar-refractivity contribution in [3.05, 3.63) is 17.7 Å². The Morgan fingerprint density at radius 2 is 2.23 bits per heavy atom. The number of carbonyl (C=O) groups excluding carboxylic acids is 1. The lowest BCUT2D eigenvalue weighted by Gasteiger charge is -2.24. The van der Waals surface area contributed by atoms with Crippen LogP contribution < -0.4 is 5.73 Å². The molecule has 0 bridgehead atoms. The first-order chi connectivity index (χ1) is 10.4. The summed E-state index contributed by atoms with van der Waals surface area (Å²) in [6, 6.07) is 0. The molecule has 22 heavy (non-hydrogen) atoms. The Hall–Kier alpha value is -1.92.